The molecule has 0 saturated carbocycles. The molecule has 0 unspecified atom stereocenters. The SMILES string of the molecule is CCNc1nc(-c2ccn(C)n2)nc2c1CCCCC2. The highest BCUT2D eigenvalue weighted by Crippen LogP contribution is 2.27. The van der Waals surface area contributed by atoms with Gasteiger partial charge in [-0.25, -0.2) is 9.97 Å². The molecule has 1 aliphatic carbocycles. The van der Waals surface area contributed by atoms with Crippen molar-refractivity contribution in [2.24, 2.45) is 7.05 Å². The van der Waals surface area contributed by atoms with Crippen LogP contribution in [-0.4, -0.2) is 26.3 Å². The third-order valence-electron chi connectivity index (χ3n) is 3.72. The van der Waals surface area contributed by atoms with E-state index in [1.807, 2.05) is 19.3 Å². The predicted octanol–water partition coefficient (Wildman–Crippen LogP) is 2.58. The lowest BCUT2D eigenvalue weighted by Gasteiger charge is -2.13. The normalized spacial score (nSPS) is 14.7. The highest BCUT2D eigenvalue weighted by atomic mass is 15.3. The van der Waals surface area contributed by atoms with Gasteiger partial charge in [0.25, 0.3) is 0 Å². The fourth-order valence-electron chi connectivity index (χ4n) is 2.73. The van der Waals surface area contributed by atoms with E-state index in [1.165, 1.54) is 30.5 Å². The summed E-state index contributed by atoms with van der Waals surface area (Å²) in [6.45, 7) is 2.98. The number of hydrogen-bond donors (Lipinski definition) is 1. The first-order chi connectivity index (χ1) is 9.78. The first kappa shape index (κ1) is 13.1. The van der Waals surface area contributed by atoms with E-state index in [4.69, 9.17) is 9.97 Å². The van der Waals surface area contributed by atoms with E-state index in [1.54, 1.807) is 4.68 Å². The summed E-state index contributed by atoms with van der Waals surface area (Å²) in [5, 5.41) is 7.81. The second-order valence-electron chi connectivity index (χ2n) is 5.29. The third kappa shape index (κ3) is 2.53. The van der Waals surface area contributed by atoms with Crippen LogP contribution in [0.1, 0.15) is 37.4 Å². The lowest BCUT2D eigenvalue weighted by molar-refractivity contribution is 0.709. The molecule has 0 bridgehead atoms. The maximum Gasteiger partial charge on any atom is 0.182 e. The molecule has 2 aromatic heterocycles. The zero-order chi connectivity index (χ0) is 13.9. The van der Waals surface area contributed by atoms with Crippen molar-refractivity contribution >= 4 is 5.82 Å². The molecule has 0 radical (unpaired) electrons. The molecule has 1 N–H and O–H groups in total. The molecule has 0 saturated heterocycles. The van der Waals surface area contributed by atoms with E-state index in [-0.39, 0.29) is 0 Å². The standard InChI is InChI=1S/C15H21N5/c1-3-16-14-11-7-5-4-6-8-12(11)17-15(18-14)13-9-10-20(2)19-13/h9-10H,3-8H2,1-2H3,(H,16,17,18). The van der Waals surface area contributed by atoms with Crippen molar-refractivity contribution in [3.63, 3.8) is 0 Å². The van der Waals surface area contributed by atoms with Crippen molar-refractivity contribution in [2.75, 3.05) is 11.9 Å². The van der Waals surface area contributed by atoms with E-state index in [9.17, 15) is 0 Å². The predicted molar refractivity (Wildman–Crippen MR) is 79.7 cm³/mol. The van der Waals surface area contributed by atoms with E-state index in [0.717, 1.165) is 36.7 Å². The maximum atomic E-state index is 4.77. The Bertz CT molecular complexity index is 602. The van der Waals surface area contributed by atoms with Crippen LogP contribution in [0.4, 0.5) is 5.82 Å². The van der Waals surface area contributed by atoms with Crippen molar-refractivity contribution < 1.29 is 0 Å². The van der Waals surface area contributed by atoms with Crippen molar-refractivity contribution in [3.8, 4) is 11.5 Å². The lowest BCUT2D eigenvalue weighted by atomic mass is 10.1. The summed E-state index contributed by atoms with van der Waals surface area (Å²) in [6.07, 6.45) is 7.79. The Balaban J connectivity index is 2.08. The zero-order valence-corrected chi connectivity index (χ0v) is 12.2. The van der Waals surface area contributed by atoms with Crippen molar-refractivity contribution in [1.29, 1.82) is 0 Å². The van der Waals surface area contributed by atoms with Gasteiger partial charge in [-0.15, -0.1) is 0 Å². The van der Waals surface area contributed by atoms with Crippen molar-refractivity contribution in [1.82, 2.24) is 19.7 Å². The minimum atomic E-state index is 0.738. The van der Waals surface area contributed by atoms with Gasteiger partial charge in [-0.3, -0.25) is 4.68 Å². The Hall–Kier alpha value is -1.91. The van der Waals surface area contributed by atoms with Crippen LogP contribution in [0.2, 0.25) is 0 Å². The highest BCUT2D eigenvalue weighted by Gasteiger charge is 2.17. The van der Waals surface area contributed by atoms with E-state index in [0.29, 0.717) is 0 Å². The monoisotopic (exact) mass is 271 g/mol. The molecule has 2 aromatic rings. The van der Waals surface area contributed by atoms with Crippen LogP contribution in [-0.2, 0) is 19.9 Å². The Morgan fingerprint density at radius 2 is 2.05 bits per heavy atom. The zero-order valence-electron chi connectivity index (χ0n) is 12.2. The van der Waals surface area contributed by atoms with Gasteiger partial charge < -0.3 is 5.32 Å². The molecule has 3 rings (SSSR count). The molecule has 1 aliphatic rings. The lowest BCUT2D eigenvalue weighted by Crippen LogP contribution is -2.09. The van der Waals surface area contributed by atoms with Gasteiger partial charge in [0.2, 0.25) is 0 Å². The topological polar surface area (TPSA) is 55.6 Å². The molecule has 20 heavy (non-hydrogen) atoms. The van der Waals surface area contributed by atoms with Gasteiger partial charge >= 0.3 is 0 Å². The Labute approximate surface area is 119 Å². The van der Waals surface area contributed by atoms with Gasteiger partial charge in [-0.1, -0.05) is 6.42 Å². The first-order valence-corrected chi connectivity index (χ1v) is 7.41. The van der Waals surface area contributed by atoms with E-state index >= 15 is 0 Å². The quantitative estimate of drug-likeness (QED) is 0.872. The highest BCUT2D eigenvalue weighted by molar-refractivity contribution is 5.56. The van der Waals surface area contributed by atoms with Crippen molar-refractivity contribution in [2.45, 2.75) is 39.0 Å². The summed E-state index contributed by atoms with van der Waals surface area (Å²) in [4.78, 5) is 9.48. The Morgan fingerprint density at radius 1 is 1.20 bits per heavy atom. The summed E-state index contributed by atoms with van der Waals surface area (Å²) >= 11 is 0. The molecule has 0 fully saturated rings. The van der Waals surface area contributed by atoms with Crippen LogP contribution in [0.15, 0.2) is 12.3 Å². The number of nitrogens with zero attached hydrogens (tertiary/aromatic N) is 4. The van der Waals surface area contributed by atoms with Crippen LogP contribution in [0, 0.1) is 0 Å². The molecule has 0 spiro atoms. The summed E-state index contributed by atoms with van der Waals surface area (Å²) < 4.78 is 1.79. The molecule has 0 atom stereocenters. The maximum absolute atomic E-state index is 4.77. The number of anilines is 1. The number of fused-ring (bicyclic) bond motifs is 1. The molecular weight excluding hydrogens is 250 g/mol. The van der Waals surface area contributed by atoms with Gasteiger partial charge in [0, 0.05) is 31.0 Å². The molecule has 0 aliphatic heterocycles. The van der Waals surface area contributed by atoms with E-state index < -0.39 is 0 Å². The number of aryl methyl sites for hydroxylation is 2. The van der Waals surface area contributed by atoms with Gasteiger partial charge in [-0.05, 0) is 38.7 Å². The molecule has 106 valence electrons. The largest absolute Gasteiger partial charge is 0.370 e. The van der Waals surface area contributed by atoms with Crippen LogP contribution < -0.4 is 5.32 Å². The molecule has 5 nitrogen and oxygen atoms in total. The smallest absolute Gasteiger partial charge is 0.182 e. The van der Waals surface area contributed by atoms with Crippen LogP contribution in [0.3, 0.4) is 0 Å². The number of rotatable bonds is 3. The van der Waals surface area contributed by atoms with Crippen LogP contribution in [0.5, 0.6) is 0 Å². The van der Waals surface area contributed by atoms with Crippen LogP contribution >= 0.6 is 0 Å². The average molecular weight is 271 g/mol. The number of nitrogens with one attached hydrogen (secondary N) is 1. The molecule has 0 aromatic carbocycles. The van der Waals surface area contributed by atoms with Gasteiger partial charge in [0.05, 0.1) is 0 Å². The molecular formula is C15H21N5. The number of aromatic nitrogens is 4. The average Bonchev–Trinajstić information content (AvgIpc) is 2.73. The fourth-order valence-corrected chi connectivity index (χ4v) is 2.73. The summed E-state index contributed by atoms with van der Waals surface area (Å²) in [5.41, 5.74) is 3.36. The van der Waals surface area contributed by atoms with Gasteiger partial charge in [0.1, 0.15) is 11.5 Å². The summed E-state index contributed by atoms with van der Waals surface area (Å²) in [5.74, 6) is 1.74. The second-order valence-corrected chi connectivity index (χ2v) is 5.29. The molecule has 2 heterocycles. The fraction of sp³-hybridized carbons (Fsp3) is 0.533. The number of hydrogen-bond acceptors (Lipinski definition) is 4. The minimum Gasteiger partial charge on any atom is -0.370 e. The Kier molecular flexibility index (Phi) is 3.67. The minimum absolute atomic E-state index is 0.738. The molecule has 0 amide bonds. The molecule has 5 heteroatoms. The van der Waals surface area contributed by atoms with Crippen LogP contribution in [0.25, 0.3) is 11.5 Å². The summed E-state index contributed by atoms with van der Waals surface area (Å²) in [6, 6.07) is 1.97. The Morgan fingerprint density at radius 3 is 2.80 bits per heavy atom. The second kappa shape index (κ2) is 5.61. The van der Waals surface area contributed by atoms with E-state index in [2.05, 4.69) is 17.3 Å². The summed E-state index contributed by atoms with van der Waals surface area (Å²) in [7, 11) is 1.91. The third-order valence-corrected chi connectivity index (χ3v) is 3.72. The first-order valence-electron chi connectivity index (χ1n) is 7.41. The van der Waals surface area contributed by atoms with Gasteiger partial charge in [-0.2, -0.15) is 5.10 Å². The van der Waals surface area contributed by atoms with Gasteiger partial charge in [0.15, 0.2) is 5.82 Å². The van der Waals surface area contributed by atoms with Crippen molar-refractivity contribution in [3.05, 3.63) is 23.5 Å².